The molecular formula is C8H9O. The van der Waals surface area contributed by atoms with Gasteiger partial charge < -0.3 is 5.11 Å². The molecule has 0 atom stereocenters. The average Bonchev–Trinajstić information content (AvgIpc) is 1.89. The standard InChI is InChI=1S/C8H9O/c1-2-7-5-3-4-6-8(7)9/h2-6,9H,1H3. The summed E-state index contributed by atoms with van der Waals surface area (Å²) >= 11 is 0. The van der Waals surface area contributed by atoms with Crippen molar-refractivity contribution < 1.29 is 5.11 Å². The van der Waals surface area contributed by atoms with Crippen LogP contribution in [0.5, 0.6) is 5.75 Å². The fourth-order valence-electron chi connectivity index (χ4n) is 0.732. The summed E-state index contributed by atoms with van der Waals surface area (Å²) in [6.07, 6.45) is 1.87. The summed E-state index contributed by atoms with van der Waals surface area (Å²) in [4.78, 5) is 0. The number of para-hydroxylation sites is 1. The van der Waals surface area contributed by atoms with E-state index < -0.39 is 0 Å². The first kappa shape index (κ1) is 6.14. The molecule has 0 unspecified atom stereocenters. The first-order chi connectivity index (χ1) is 4.34. The van der Waals surface area contributed by atoms with E-state index in [0.29, 0.717) is 5.75 Å². The molecule has 47 valence electrons. The van der Waals surface area contributed by atoms with E-state index in [1.54, 1.807) is 6.07 Å². The maximum atomic E-state index is 9.08. The van der Waals surface area contributed by atoms with Crippen molar-refractivity contribution in [2.75, 3.05) is 0 Å². The molecule has 1 aromatic rings. The van der Waals surface area contributed by atoms with Crippen LogP contribution in [0.25, 0.3) is 0 Å². The molecule has 1 N–H and O–H groups in total. The Kier molecular flexibility index (Phi) is 1.73. The molecule has 0 aliphatic heterocycles. The van der Waals surface area contributed by atoms with Crippen LogP contribution in [0.15, 0.2) is 24.3 Å². The molecule has 0 heterocycles. The molecule has 0 saturated carbocycles. The summed E-state index contributed by atoms with van der Waals surface area (Å²) in [5.41, 5.74) is 0.887. The molecule has 0 fully saturated rings. The molecule has 1 heteroatoms. The van der Waals surface area contributed by atoms with Gasteiger partial charge in [-0.25, -0.2) is 0 Å². The molecule has 0 aliphatic carbocycles. The quantitative estimate of drug-likeness (QED) is 0.602. The van der Waals surface area contributed by atoms with Gasteiger partial charge in [0, 0.05) is 0 Å². The summed E-state index contributed by atoms with van der Waals surface area (Å²) in [6, 6.07) is 7.25. The number of rotatable bonds is 1. The van der Waals surface area contributed by atoms with Crippen LogP contribution in [-0.4, -0.2) is 5.11 Å². The zero-order valence-electron chi connectivity index (χ0n) is 5.33. The summed E-state index contributed by atoms with van der Waals surface area (Å²) in [7, 11) is 0. The van der Waals surface area contributed by atoms with Crippen LogP contribution in [0.3, 0.4) is 0 Å². The highest BCUT2D eigenvalue weighted by Gasteiger charge is 1.92. The second-order valence-electron chi connectivity index (χ2n) is 1.85. The van der Waals surface area contributed by atoms with Crippen molar-refractivity contribution in [1.29, 1.82) is 0 Å². The zero-order valence-corrected chi connectivity index (χ0v) is 5.33. The summed E-state index contributed by atoms with van der Waals surface area (Å²) in [6.45, 7) is 1.90. The Labute approximate surface area is 55.0 Å². The van der Waals surface area contributed by atoms with Gasteiger partial charge in [-0.2, -0.15) is 0 Å². The van der Waals surface area contributed by atoms with E-state index >= 15 is 0 Å². The molecular weight excluding hydrogens is 112 g/mol. The maximum Gasteiger partial charge on any atom is 0.119 e. The van der Waals surface area contributed by atoms with Gasteiger partial charge in [0.1, 0.15) is 5.75 Å². The van der Waals surface area contributed by atoms with Crippen molar-refractivity contribution >= 4 is 0 Å². The topological polar surface area (TPSA) is 20.2 Å². The van der Waals surface area contributed by atoms with Crippen LogP contribution in [0.2, 0.25) is 0 Å². The van der Waals surface area contributed by atoms with Gasteiger partial charge in [0.25, 0.3) is 0 Å². The molecule has 1 aromatic carbocycles. The van der Waals surface area contributed by atoms with Crippen LogP contribution < -0.4 is 0 Å². The SMILES string of the molecule is C[CH]c1ccccc1O. The zero-order chi connectivity index (χ0) is 6.69. The van der Waals surface area contributed by atoms with Gasteiger partial charge in [-0.05, 0) is 18.1 Å². The van der Waals surface area contributed by atoms with Crippen molar-refractivity contribution in [2.45, 2.75) is 6.92 Å². The monoisotopic (exact) mass is 121 g/mol. The van der Waals surface area contributed by atoms with Gasteiger partial charge in [0.15, 0.2) is 0 Å². The maximum absolute atomic E-state index is 9.08. The lowest BCUT2D eigenvalue weighted by molar-refractivity contribution is 0.472. The van der Waals surface area contributed by atoms with E-state index in [1.165, 1.54) is 0 Å². The minimum absolute atomic E-state index is 0.347. The van der Waals surface area contributed by atoms with Crippen molar-refractivity contribution in [3.8, 4) is 5.75 Å². The Morgan fingerprint density at radius 2 is 2.00 bits per heavy atom. The summed E-state index contributed by atoms with van der Waals surface area (Å²) < 4.78 is 0. The first-order valence-corrected chi connectivity index (χ1v) is 2.92. The highest BCUT2D eigenvalue weighted by molar-refractivity contribution is 5.36. The fourth-order valence-corrected chi connectivity index (χ4v) is 0.732. The number of phenolic OH excluding ortho intramolecular Hbond substituents is 1. The molecule has 0 bridgehead atoms. The first-order valence-electron chi connectivity index (χ1n) is 2.92. The van der Waals surface area contributed by atoms with Crippen molar-refractivity contribution in [2.24, 2.45) is 0 Å². The molecule has 0 aromatic heterocycles. The second kappa shape index (κ2) is 2.53. The van der Waals surface area contributed by atoms with Crippen LogP contribution in [0.1, 0.15) is 12.5 Å². The molecule has 9 heavy (non-hydrogen) atoms. The van der Waals surface area contributed by atoms with E-state index in [-0.39, 0.29) is 0 Å². The Morgan fingerprint density at radius 1 is 1.33 bits per heavy atom. The van der Waals surface area contributed by atoms with Crippen molar-refractivity contribution in [1.82, 2.24) is 0 Å². The van der Waals surface area contributed by atoms with E-state index in [4.69, 9.17) is 5.11 Å². The second-order valence-corrected chi connectivity index (χ2v) is 1.85. The molecule has 1 nitrogen and oxygen atoms in total. The minimum atomic E-state index is 0.347. The lowest BCUT2D eigenvalue weighted by atomic mass is 10.1. The molecule has 0 saturated heterocycles. The van der Waals surface area contributed by atoms with E-state index in [9.17, 15) is 0 Å². The van der Waals surface area contributed by atoms with Crippen LogP contribution in [0, 0.1) is 6.42 Å². The summed E-state index contributed by atoms with van der Waals surface area (Å²) in [5.74, 6) is 0.347. The highest BCUT2D eigenvalue weighted by Crippen LogP contribution is 2.16. The minimum Gasteiger partial charge on any atom is -0.508 e. The predicted molar refractivity (Wildman–Crippen MR) is 37.2 cm³/mol. The number of aromatic hydroxyl groups is 1. The number of hydrogen-bond acceptors (Lipinski definition) is 1. The van der Waals surface area contributed by atoms with Gasteiger partial charge >= 0.3 is 0 Å². The van der Waals surface area contributed by atoms with E-state index in [2.05, 4.69) is 0 Å². The van der Waals surface area contributed by atoms with Gasteiger partial charge in [0.05, 0.1) is 0 Å². The molecule has 1 rings (SSSR count). The smallest absolute Gasteiger partial charge is 0.119 e. The Bertz CT molecular complexity index is 194. The van der Waals surface area contributed by atoms with Crippen LogP contribution >= 0.6 is 0 Å². The molecule has 0 aliphatic rings. The van der Waals surface area contributed by atoms with Crippen LogP contribution in [0.4, 0.5) is 0 Å². The largest absolute Gasteiger partial charge is 0.508 e. The fraction of sp³-hybridized carbons (Fsp3) is 0.125. The van der Waals surface area contributed by atoms with E-state index in [1.807, 2.05) is 31.5 Å². The summed E-state index contributed by atoms with van der Waals surface area (Å²) in [5, 5.41) is 9.08. The van der Waals surface area contributed by atoms with Crippen LogP contribution in [-0.2, 0) is 0 Å². The lowest BCUT2D eigenvalue weighted by Gasteiger charge is -1.96. The number of hydrogen-bond donors (Lipinski definition) is 1. The normalized spacial score (nSPS) is 9.44. The Morgan fingerprint density at radius 3 is 2.44 bits per heavy atom. The van der Waals surface area contributed by atoms with Crippen molar-refractivity contribution in [3.63, 3.8) is 0 Å². The van der Waals surface area contributed by atoms with Gasteiger partial charge in [-0.1, -0.05) is 25.1 Å². The van der Waals surface area contributed by atoms with Gasteiger partial charge in [-0.3, -0.25) is 0 Å². The molecule has 1 radical (unpaired) electrons. The highest BCUT2D eigenvalue weighted by atomic mass is 16.3. The third-order valence-electron chi connectivity index (χ3n) is 1.25. The molecule has 0 spiro atoms. The molecule has 0 amide bonds. The number of benzene rings is 1. The Balaban J connectivity index is 3.01. The van der Waals surface area contributed by atoms with Gasteiger partial charge in [0.2, 0.25) is 0 Å². The Hall–Kier alpha value is -0.980. The van der Waals surface area contributed by atoms with E-state index in [0.717, 1.165) is 5.56 Å². The third kappa shape index (κ3) is 1.22. The predicted octanol–water partition coefficient (Wildman–Crippen LogP) is 1.96. The third-order valence-corrected chi connectivity index (χ3v) is 1.25. The number of phenols is 1. The van der Waals surface area contributed by atoms with Crippen molar-refractivity contribution in [3.05, 3.63) is 36.2 Å². The lowest BCUT2D eigenvalue weighted by Crippen LogP contribution is -1.75. The average molecular weight is 121 g/mol. The van der Waals surface area contributed by atoms with Gasteiger partial charge in [-0.15, -0.1) is 0 Å².